The number of hydrogen-bond donors (Lipinski definition) is 2. The molecule has 4 rings (SSSR count). The normalized spacial score (nSPS) is 16.3. The van der Waals surface area contributed by atoms with Crippen molar-refractivity contribution in [2.45, 2.75) is 12.8 Å². The van der Waals surface area contributed by atoms with Crippen molar-refractivity contribution in [2.24, 2.45) is 0 Å². The van der Waals surface area contributed by atoms with Crippen molar-refractivity contribution in [3.8, 4) is 17.2 Å². The predicted molar refractivity (Wildman–Crippen MR) is 122 cm³/mol. The van der Waals surface area contributed by atoms with E-state index in [1.807, 2.05) is 24.3 Å². The molecule has 160 valence electrons. The van der Waals surface area contributed by atoms with E-state index >= 15 is 0 Å². The maximum atomic E-state index is 12.7. The number of thioether (sulfide) groups is 1. The number of rotatable bonds is 7. The molecule has 2 heterocycles. The standard InChI is InChI=1S/C22H20N2O5S2/c25-16-4-1-14(2-5-16)7-9-23-20(26)8-10-24-21(27)19(31-22(24)30)12-15-3-6-17-18(11-15)29-13-28-17/h1-6,11-12,25H,7-10,13H2,(H,23,26)/b19-12-. The Hall–Kier alpha value is -3.04. The maximum Gasteiger partial charge on any atom is 0.266 e. The Morgan fingerprint density at radius 3 is 2.77 bits per heavy atom. The summed E-state index contributed by atoms with van der Waals surface area (Å²) >= 11 is 6.56. The summed E-state index contributed by atoms with van der Waals surface area (Å²) in [5, 5.41) is 12.1. The van der Waals surface area contributed by atoms with Crippen LogP contribution in [0, 0.1) is 0 Å². The van der Waals surface area contributed by atoms with Crippen molar-refractivity contribution in [3.63, 3.8) is 0 Å². The fourth-order valence-corrected chi connectivity index (χ4v) is 4.47. The highest BCUT2D eigenvalue weighted by Gasteiger charge is 2.32. The van der Waals surface area contributed by atoms with Crippen LogP contribution in [0.3, 0.4) is 0 Å². The van der Waals surface area contributed by atoms with Crippen LogP contribution in [0.4, 0.5) is 0 Å². The Morgan fingerprint density at radius 2 is 1.97 bits per heavy atom. The Balaban J connectivity index is 1.28. The molecule has 2 aliphatic rings. The van der Waals surface area contributed by atoms with Crippen LogP contribution in [0.5, 0.6) is 17.2 Å². The highest BCUT2D eigenvalue weighted by Crippen LogP contribution is 2.36. The summed E-state index contributed by atoms with van der Waals surface area (Å²) in [7, 11) is 0. The molecule has 0 spiro atoms. The van der Waals surface area contributed by atoms with Crippen molar-refractivity contribution in [3.05, 3.63) is 58.5 Å². The number of amides is 2. The van der Waals surface area contributed by atoms with Gasteiger partial charge in [-0.2, -0.15) is 0 Å². The molecule has 0 saturated carbocycles. The number of carbonyl (C=O) groups excluding carboxylic acids is 2. The number of thiocarbonyl (C=S) groups is 1. The van der Waals surface area contributed by atoms with Gasteiger partial charge < -0.3 is 19.9 Å². The minimum absolute atomic E-state index is 0.146. The number of phenolic OH excluding ortho intramolecular Hbond substituents is 1. The molecule has 2 amide bonds. The molecule has 2 aromatic carbocycles. The summed E-state index contributed by atoms with van der Waals surface area (Å²) in [5.41, 5.74) is 1.83. The Labute approximate surface area is 189 Å². The first-order valence-electron chi connectivity index (χ1n) is 9.69. The van der Waals surface area contributed by atoms with Crippen LogP contribution in [-0.4, -0.2) is 46.0 Å². The average molecular weight is 457 g/mol. The molecule has 0 atom stereocenters. The highest BCUT2D eigenvalue weighted by molar-refractivity contribution is 8.26. The van der Waals surface area contributed by atoms with Gasteiger partial charge in [-0.15, -0.1) is 0 Å². The van der Waals surface area contributed by atoms with E-state index < -0.39 is 0 Å². The second-order valence-corrected chi connectivity index (χ2v) is 8.64. The van der Waals surface area contributed by atoms with Crippen LogP contribution in [0.25, 0.3) is 6.08 Å². The van der Waals surface area contributed by atoms with Crippen LogP contribution in [0.15, 0.2) is 47.4 Å². The summed E-state index contributed by atoms with van der Waals surface area (Å²) in [6.45, 7) is 0.901. The monoisotopic (exact) mass is 456 g/mol. The van der Waals surface area contributed by atoms with E-state index in [4.69, 9.17) is 21.7 Å². The van der Waals surface area contributed by atoms with Gasteiger partial charge in [-0.1, -0.05) is 42.2 Å². The zero-order chi connectivity index (χ0) is 21.8. The van der Waals surface area contributed by atoms with Crippen molar-refractivity contribution in [2.75, 3.05) is 19.9 Å². The van der Waals surface area contributed by atoms with Crippen LogP contribution in [-0.2, 0) is 16.0 Å². The van der Waals surface area contributed by atoms with E-state index in [2.05, 4.69) is 5.32 Å². The fraction of sp³-hybridized carbons (Fsp3) is 0.227. The lowest BCUT2D eigenvalue weighted by Crippen LogP contribution is -2.34. The first-order chi connectivity index (χ1) is 15.0. The van der Waals surface area contributed by atoms with Gasteiger partial charge in [-0.3, -0.25) is 14.5 Å². The zero-order valence-corrected chi connectivity index (χ0v) is 18.1. The molecule has 9 heteroatoms. The molecule has 0 unspecified atom stereocenters. The SMILES string of the molecule is O=C(CCN1C(=O)/C(=C/c2ccc3c(c2)OCO3)SC1=S)NCCc1ccc(O)cc1. The zero-order valence-electron chi connectivity index (χ0n) is 16.5. The largest absolute Gasteiger partial charge is 0.508 e. The number of fused-ring (bicyclic) bond motifs is 1. The number of ether oxygens (including phenoxy) is 2. The average Bonchev–Trinajstić information content (AvgIpc) is 3.32. The van der Waals surface area contributed by atoms with Gasteiger partial charge in [0.1, 0.15) is 10.1 Å². The van der Waals surface area contributed by atoms with Crippen LogP contribution < -0.4 is 14.8 Å². The number of carbonyl (C=O) groups is 2. The Bertz CT molecular complexity index is 1050. The summed E-state index contributed by atoms with van der Waals surface area (Å²) in [6.07, 6.45) is 2.59. The first-order valence-corrected chi connectivity index (χ1v) is 10.9. The second kappa shape index (κ2) is 9.40. The quantitative estimate of drug-likeness (QED) is 0.489. The van der Waals surface area contributed by atoms with Crippen LogP contribution in [0.2, 0.25) is 0 Å². The van der Waals surface area contributed by atoms with E-state index in [9.17, 15) is 14.7 Å². The maximum absolute atomic E-state index is 12.7. The summed E-state index contributed by atoms with van der Waals surface area (Å²) in [4.78, 5) is 26.9. The van der Waals surface area contributed by atoms with Crippen LogP contribution >= 0.6 is 24.0 Å². The lowest BCUT2D eigenvalue weighted by molar-refractivity contribution is -0.123. The smallest absolute Gasteiger partial charge is 0.266 e. The molecule has 2 aromatic rings. The molecule has 0 radical (unpaired) electrons. The van der Waals surface area contributed by atoms with E-state index in [0.717, 1.165) is 11.1 Å². The third-order valence-corrected chi connectivity index (χ3v) is 6.18. The molecular weight excluding hydrogens is 436 g/mol. The van der Waals surface area contributed by atoms with Crippen molar-refractivity contribution in [1.82, 2.24) is 10.2 Å². The fourth-order valence-electron chi connectivity index (χ4n) is 3.16. The number of aromatic hydroxyl groups is 1. The number of benzene rings is 2. The summed E-state index contributed by atoms with van der Waals surface area (Å²) in [6, 6.07) is 12.3. The molecule has 0 bridgehead atoms. The molecule has 0 aromatic heterocycles. The minimum atomic E-state index is -0.204. The lowest BCUT2D eigenvalue weighted by Gasteiger charge is -2.14. The number of nitrogens with zero attached hydrogens (tertiary/aromatic N) is 1. The Morgan fingerprint density at radius 1 is 1.19 bits per heavy atom. The third kappa shape index (κ3) is 5.18. The van der Waals surface area contributed by atoms with Gasteiger partial charge in [-0.25, -0.2) is 0 Å². The topological polar surface area (TPSA) is 88.1 Å². The molecule has 2 aliphatic heterocycles. The van der Waals surface area contributed by atoms with Crippen molar-refractivity contribution >= 4 is 46.2 Å². The van der Waals surface area contributed by atoms with Gasteiger partial charge in [-0.05, 0) is 47.9 Å². The molecule has 7 nitrogen and oxygen atoms in total. The number of nitrogens with one attached hydrogen (secondary N) is 1. The van der Waals surface area contributed by atoms with Gasteiger partial charge in [0.15, 0.2) is 11.5 Å². The van der Waals surface area contributed by atoms with Gasteiger partial charge in [0, 0.05) is 19.5 Å². The van der Waals surface area contributed by atoms with Crippen molar-refractivity contribution < 1.29 is 24.2 Å². The molecule has 1 saturated heterocycles. The van der Waals surface area contributed by atoms with E-state index in [1.54, 1.807) is 24.3 Å². The highest BCUT2D eigenvalue weighted by atomic mass is 32.2. The third-order valence-electron chi connectivity index (χ3n) is 4.80. The summed E-state index contributed by atoms with van der Waals surface area (Å²) < 4.78 is 11.1. The number of phenols is 1. The van der Waals surface area contributed by atoms with Gasteiger partial charge in [0.25, 0.3) is 5.91 Å². The molecule has 2 N–H and O–H groups in total. The number of hydrogen-bond acceptors (Lipinski definition) is 7. The predicted octanol–water partition coefficient (Wildman–Crippen LogP) is 3.07. The lowest BCUT2D eigenvalue weighted by atomic mass is 10.1. The first kappa shape index (κ1) is 21.2. The molecule has 31 heavy (non-hydrogen) atoms. The van der Waals surface area contributed by atoms with Crippen molar-refractivity contribution in [1.29, 1.82) is 0 Å². The van der Waals surface area contributed by atoms with Gasteiger partial charge in [0.05, 0.1) is 4.91 Å². The van der Waals surface area contributed by atoms with Gasteiger partial charge >= 0.3 is 0 Å². The summed E-state index contributed by atoms with van der Waals surface area (Å²) in [5.74, 6) is 1.19. The van der Waals surface area contributed by atoms with E-state index in [-0.39, 0.29) is 37.3 Å². The van der Waals surface area contributed by atoms with Gasteiger partial charge in [0.2, 0.25) is 12.7 Å². The van der Waals surface area contributed by atoms with E-state index in [0.29, 0.717) is 33.7 Å². The van der Waals surface area contributed by atoms with E-state index in [1.165, 1.54) is 16.7 Å². The molecule has 0 aliphatic carbocycles. The second-order valence-electron chi connectivity index (χ2n) is 6.96. The van der Waals surface area contributed by atoms with Crippen LogP contribution in [0.1, 0.15) is 17.5 Å². The Kier molecular flexibility index (Phi) is 6.43. The molecule has 1 fully saturated rings. The minimum Gasteiger partial charge on any atom is -0.508 e. The molecular formula is C22H20N2O5S2.